The molecular formula is C44H56FN3O7. The van der Waals surface area contributed by atoms with Crippen LogP contribution in [-0.2, 0) is 30.3 Å². The van der Waals surface area contributed by atoms with Gasteiger partial charge in [0.05, 0.1) is 49.7 Å². The first-order valence-corrected chi connectivity index (χ1v) is 19.3. The van der Waals surface area contributed by atoms with Crippen molar-refractivity contribution in [3.8, 4) is 28.1 Å². The van der Waals surface area contributed by atoms with E-state index in [0.29, 0.717) is 73.0 Å². The number of esters is 1. The number of anilines is 1. The first-order chi connectivity index (χ1) is 26.4. The summed E-state index contributed by atoms with van der Waals surface area (Å²) in [5.74, 6) is -1.53. The van der Waals surface area contributed by atoms with E-state index >= 15 is 4.39 Å². The summed E-state index contributed by atoms with van der Waals surface area (Å²) in [6.45, 7) is 13.8. The van der Waals surface area contributed by atoms with E-state index in [-0.39, 0.29) is 49.5 Å². The lowest BCUT2D eigenvalue weighted by atomic mass is 9.94. The van der Waals surface area contributed by atoms with Crippen LogP contribution in [0, 0.1) is 11.7 Å². The molecule has 0 bridgehead atoms. The van der Waals surface area contributed by atoms with Crippen molar-refractivity contribution in [3.63, 3.8) is 0 Å². The number of nitrogens with one attached hydrogen (secondary N) is 1. The molecule has 0 saturated carbocycles. The van der Waals surface area contributed by atoms with Crippen LogP contribution in [0.1, 0.15) is 82.8 Å². The molecule has 1 aliphatic rings. The van der Waals surface area contributed by atoms with Crippen molar-refractivity contribution in [2.75, 3.05) is 38.3 Å². The zero-order valence-electron chi connectivity index (χ0n) is 32.9. The maximum Gasteiger partial charge on any atom is 0.308 e. The van der Waals surface area contributed by atoms with Crippen molar-refractivity contribution < 1.29 is 37.7 Å². The van der Waals surface area contributed by atoms with E-state index in [9.17, 15) is 9.59 Å². The average Bonchev–Trinajstić information content (AvgIpc) is 3.48. The fraction of sp³-hybridized carbons (Fsp3) is 0.455. The number of halogens is 1. The van der Waals surface area contributed by atoms with Crippen LogP contribution in [0.25, 0.3) is 22.4 Å². The minimum atomic E-state index is -0.938. The van der Waals surface area contributed by atoms with E-state index in [0.717, 1.165) is 11.3 Å². The van der Waals surface area contributed by atoms with Gasteiger partial charge < -0.3 is 39.3 Å². The van der Waals surface area contributed by atoms with Crippen molar-refractivity contribution in [1.82, 2.24) is 4.57 Å². The lowest BCUT2D eigenvalue weighted by Gasteiger charge is -2.41. The van der Waals surface area contributed by atoms with Gasteiger partial charge in [-0.25, -0.2) is 4.39 Å². The van der Waals surface area contributed by atoms with E-state index in [4.69, 9.17) is 29.4 Å². The van der Waals surface area contributed by atoms with Crippen LogP contribution in [-0.4, -0.2) is 67.4 Å². The van der Waals surface area contributed by atoms with E-state index in [1.165, 1.54) is 12.1 Å². The fourth-order valence-electron chi connectivity index (χ4n) is 7.09. The predicted molar refractivity (Wildman–Crippen MR) is 213 cm³/mol. The molecule has 2 atom stereocenters. The summed E-state index contributed by atoms with van der Waals surface area (Å²) in [5.41, 5.74) is 10.5. The predicted octanol–water partition coefficient (Wildman–Crippen LogP) is 8.58. The highest BCUT2D eigenvalue weighted by molar-refractivity contribution is 6.12. The minimum absolute atomic E-state index is 0.113. The second-order valence-corrected chi connectivity index (χ2v) is 15.1. The van der Waals surface area contributed by atoms with E-state index in [1.807, 2.05) is 88.4 Å². The van der Waals surface area contributed by atoms with Crippen molar-refractivity contribution >= 4 is 17.6 Å². The summed E-state index contributed by atoms with van der Waals surface area (Å²) in [7, 11) is 0. The maximum atomic E-state index is 15.0. The fourth-order valence-corrected chi connectivity index (χ4v) is 7.09. The minimum Gasteiger partial charge on any atom is -0.490 e. The first-order valence-electron chi connectivity index (χ1n) is 19.3. The quantitative estimate of drug-likeness (QED) is 0.0765. The van der Waals surface area contributed by atoms with Crippen molar-refractivity contribution in [2.24, 2.45) is 11.7 Å². The zero-order valence-corrected chi connectivity index (χ0v) is 32.9. The Morgan fingerprint density at radius 2 is 1.64 bits per heavy atom. The van der Waals surface area contributed by atoms with Gasteiger partial charge in [0.25, 0.3) is 5.91 Å². The van der Waals surface area contributed by atoms with Gasteiger partial charge in [-0.3, -0.25) is 9.59 Å². The second kappa shape index (κ2) is 19.4. The molecule has 4 aromatic rings. The number of para-hydroxylation sites is 1. The van der Waals surface area contributed by atoms with Crippen LogP contribution in [0.2, 0.25) is 0 Å². The highest BCUT2D eigenvalue weighted by atomic mass is 19.1. The summed E-state index contributed by atoms with van der Waals surface area (Å²) in [5, 5.41) is 3.14. The molecule has 10 nitrogen and oxygen atoms in total. The summed E-state index contributed by atoms with van der Waals surface area (Å²) in [4.78, 5) is 27.4. The number of hydrogen-bond donors (Lipinski definition) is 2. The molecular weight excluding hydrogens is 701 g/mol. The third kappa shape index (κ3) is 11.3. The number of rotatable bonds is 18. The first kappa shape index (κ1) is 41.6. The molecule has 5 rings (SSSR count). The monoisotopic (exact) mass is 757 g/mol. The average molecular weight is 758 g/mol. The molecule has 1 amide bonds. The summed E-state index contributed by atoms with van der Waals surface area (Å²) >= 11 is 0. The Morgan fingerprint density at radius 1 is 0.945 bits per heavy atom. The smallest absolute Gasteiger partial charge is 0.308 e. The molecule has 11 heteroatoms. The molecule has 0 aliphatic carbocycles. The normalized spacial score (nSPS) is 16.7. The van der Waals surface area contributed by atoms with Crippen molar-refractivity contribution in [2.45, 2.75) is 91.3 Å². The van der Waals surface area contributed by atoms with Gasteiger partial charge in [0.15, 0.2) is 5.79 Å². The number of nitrogens with zero attached hydrogens (tertiary/aromatic N) is 1. The van der Waals surface area contributed by atoms with Gasteiger partial charge in [0.2, 0.25) is 0 Å². The number of aromatic nitrogens is 1. The van der Waals surface area contributed by atoms with Crippen LogP contribution in [0.4, 0.5) is 10.1 Å². The molecule has 1 aromatic heterocycles. The molecule has 1 aliphatic heterocycles. The molecule has 3 N–H and O–H groups in total. The molecule has 1 fully saturated rings. The maximum absolute atomic E-state index is 15.0. The van der Waals surface area contributed by atoms with Crippen LogP contribution < -0.4 is 15.8 Å². The zero-order chi connectivity index (χ0) is 39.5. The largest absolute Gasteiger partial charge is 0.490 e. The third-order valence-electron chi connectivity index (χ3n) is 9.19. The number of ether oxygens (including phenoxy) is 5. The molecule has 0 radical (unpaired) electrons. The van der Waals surface area contributed by atoms with Gasteiger partial charge in [-0.2, -0.15) is 0 Å². The molecule has 1 saturated heterocycles. The molecule has 55 heavy (non-hydrogen) atoms. The molecule has 296 valence electrons. The number of hydrogen-bond acceptors (Lipinski definition) is 8. The Kier molecular flexibility index (Phi) is 14.6. The number of benzene rings is 3. The number of carbonyl (C=O) groups excluding carboxylic acids is 2. The van der Waals surface area contributed by atoms with Gasteiger partial charge in [-0.15, -0.1) is 0 Å². The lowest BCUT2D eigenvalue weighted by Crippen LogP contribution is -2.45. The summed E-state index contributed by atoms with van der Waals surface area (Å²) < 4.78 is 47.1. The lowest BCUT2D eigenvalue weighted by molar-refractivity contribution is -0.300. The van der Waals surface area contributed by atoms with Crippen molar-refractivity contribution in [3.05, 3.63) is 95.9 Å². The SMILES string of the molecule is CC(C)COC(=O)C[C@H]1C[C@@H](CCn2c(-c3ccc(F)cc3OCCOCCN)c(-c3ccccc3)c(C(=O)Nc3ccccc3)c2C(C)C)OC(C)(C)O1. The number of nitrogens with two attached hydrogens (primary N) is 1. The topological polar surface area (TPSA) is 123 Å². The summed E-state index contributed by atoms with van der Waals surface area (Å²) in [6, 6.07) is 23.6. The van der Waals surface area contributed by atoms with Crippen LogP contribution in [0.5, 0.6) is 5.75 Å². The Morgan fingerprint density at radius 3 is 2.31 bits per heavy atom. The molecule has 3 aromatic carbocycles. The van der Waals surface area contributed by atoms with Gasteiger partial charge in [0.1, 0.15) is 18.2 Å². The summed E-state index contributed by atoms with van der Waals surface area (Å²) in [6.07, 6.45) is 0.452. The Hall–Kier alpha value is -4.55. The van der Waals surface area contributed by atoms with E-state index < -0.39 is 17.7 Å². The highest BCUT2D eigenvalue weighted by Crippen LogP contribution is 2.46. The molecule has 2 heterocycles. The number of carbonyl (C=O) groups is 2. The van der Waals surface area contributed by atoms with Crippen LogP contribution in [0.3, 0.4) is 0 Å². The molecule has 0 unspecified atom stereocenters. The standard InChI is InChI=1S/C44H56FN3O7/c1-29(2)28-53-38(49)27-35-26-34(54-44(5,6)55-35)19-21-48-41(30(3)4)40(43(50)47-33-15-11-8-12-16-33)39(31-13-9-7-10-14-31)42(48)36-18-17-32(45)25-37(36)52-24-23-51-22-20-46/h7-18,25,29-30,34-35H,19-24,26-28,46H2,1-6H3,(H,47,50)/t34-,35-/m1/s1. The van der Waals surface area contributed by atoms with Gasteiger partial charge in [-0.05, 0) is 61.9 Å². The van der Waals surface area contributed by atoms with Crippen LogP contribution >= 0.6 is 0 Å². The second-order valence-electron chi connectivity index (χ2n) is 15.1. The Labute approximate surface area is 324 Å². The third-order valence-corrected chi connectivity index (χ3v) is 9.19. The Bertz CT molecular complexity index is 1860. The van der Waals surface area contributed by atoms with Gasteiger partial charge >= 0.3 is 5.97 Å². The van der Waals surface area contributed by atoms with Crippen LogP contribution in [0.15, 0.2) is 78.9 Å². The number of amides is 1. The van der Waals surface area contributed by atoms with Gasteiger partial charge in [-0.1, -0.05) is 76.2 Å². The van der Waals surface area contributed by atoms with Crippen molar-refractivity contribution in [1.29, 1.82) is 0 Å². The molecule has 0 spiro atoms. The van der Waals surface area contributed by atoms with Gasteiger partial charge in [0, 0.05) is 48.1 Å². The highest BCUT2D eigenvalue weighted by Gasteiger charge is 2.38. The Balaban J connectivity index is 1.63. The van der Waals surface area contributed by atoms with E-state index in [2.05, 4.69) is 23.7 Å². The van der Waals surface area contributed by atoms with E-state index in [1.54, 1.807) is 6.07 Å².